The molecule has 1 aliphatic heterocycles. The Kier molecular flexibility index (Phi) is 2.85. The van der Waals surface area contributed by atoms with Crippen molar-refractivity contribution in [1.82, 2.24) is 14.9 Å². The van der Waals surface area contributed by atoms with E-state index in [1.54, 1.807) is 0 Å². The maximum absolute atomic E-state index is 11.9. The highest BCUT2D eigenvalue weighted by Crippen LogP contribution is 2.11. The van der Waals surface area contributed by atoms with Crippen LogP contribution in [0.2, 0.25) is 0 Å². The largest absolute Gasteiger partial charge is 0.326 e. The predicted octanol–water partition coefficient (Wildman–Crippen LogP) is 0.456. The van der Waals surface area contributed by atoms with Crippen molar-refractivity contribution >= 4 is 11.0 Å². The minimum absolute atomic E-state index is 0.103. The average Bonchev–Trinajstić information content (AvgIpc) is 2.76. The third kappa shape index (κ3) is 2.14. The number of nitrogens with one attached hydrogen (secondary N) is 1. The predicted molar refractivity (Wildman–Crippen MR) is 70.2 cm³/mol. The molecule has 2 aromatic rings. The first-order valence-electron chi connectivity index (χ1n) is 6.18. The molecule has 3 rings (SSSR count). The maximum Gasteiger partial charge on any atom is 0.271 e. The van der Waals surface area contributed by atoms with E-state index < -0.39 is 0 Å². The second-order valence-corrected chi connectivity index (χ2v) is 4.81. The van der Waals surface area contributed by atoms with Crippen LogP contribution in [0.3, 0.4) is 0 Å². The Balaban J connectivity index is 1.92. The third-order valence-electron chi connectivity index (χ3n) is 3.35. The highest BCUT2D eigenvalue weighted by Gasteiger charge is 2.20. The van der Waals surface area contributed by atoms with Crippen molar-refractivity contribution in [2.24, 2.45) is 5.73 Å². The molecule has 0 unspecified atom stereocenters. The van der Waals surface area contributed by atoms with E-state index in [0.717, 1.165) is 30.5 Å². The van der Waals surface area contributed by atoms with E-state index in [1.165, 1.54) is 0 Å². The molecule has 1 atom stereocenters. The fourth-order valence-electron chi connectivity index (χ4n) is 2.39. The van der Waals surface area contributed by atoms with Crippen LogP contribution in [0.4, 0.5) is 0 Å². The van der Waals surface area contributed by atoms with E-state index in [9.17, 15) is 4.79 Å². The smallest absolute Gasteiger partial charge is 0.271 e. The molecule has 2 heterocycles. The Morgan fingerprint density at radius 3 is 3.06 bits per heavy atom. The first kappa shape index (κ1) is 11.4. The standard InChI is InChI=1S/C13H16N4O/c14-9-5-6-17(7-9)8-12-13(18)16-11-4-2-1-3-10(11)15-12/h1-4,9H,5-8,14H2,(H,16,18)/t9-/m1/s1. The summed E-state index contributed by atoms with van der Waals surface area (Å²) in [5.41, 5.74) is 7.94. The summed E-state index contributed by atoms with van der Waals surface area (Å²) in [4.78, 5) is 21.4. The number of rotatable bonds is 2. The van der Waals surface area contributed by atoms with E-state index in [2.05, 4.69) is 14.9 Å². The Labute approximate surface area is 105 Å². The zero-order chi connectivity index (χ0) is 12.5. The van der Waals surface area contributed by atoms with Crippen molar-refractivity contribution in [2.45, 2.75) is 19.0 Å². The molecule has 0 aliphatic carbocycles. The van der Waals surface area contributed by atoms with Gasteiger partial charge in [0.2, 0.25) is 0 Å². The number of fused-ring (bicyclic) bond motifs is 1. The number of hydrogen-bond acceptors (Lipinski definition) is 4. The van der Waals surface area contributed by atoms with Gasteiger partial charge in [-0.3, -0.25) is 9.69 Å². The van der Waals surface area contributed by atoms with Crippen molar-refractivity contribution in [3.05, 3.63) is 40.3 Å². The Bertz CT molecular complexity index is 622. The fourth-order valence-corrected chi connectivity index (χ4v) is 2.39. The molecular formula is C13H16N4O. The quantitative estimate of drug-likeness (QED) is 0.804. The average molecular weight is 244 g/mol. The summed E-state index contributed by atoms with van der Waals surface area (Å²) in [5.74, 6) is 0. The number of H-pyrrole nitrogens is 1. The third-order valence-corrected chi connectivity index (χ3v) is 3.35. The molecular weight excluding hydrogens is 228 g/mol. The van der Waals surface area contributed by atoms with Gasteiger partial charge in [-0.25, -0.2) is 4.98 Å². The lowest BCUT2D eigenvalue weighted by molar-refractivity contribution is 0.321. The first-order chi connectivity index (χ1) is 8.72. The van der Waals surface area contributed by atoms with E-state index in [0.29, 0.717) is 12.2 Å². The summed E-state index contributed by atoms with van der Waals surface area (Å²) in [5, 5.41) is 0. The van der Waals surface area contributed by atoms with Crippen LogP contribution in [-0.4, -0.2) is 34.0 Å². The molecule has 0 bridgehead atoms. The fraction of sp³-hybridized carbons (Fsp3) is 0.385. The van der Waals surface area contributed by atoms with Crippen LogP contribution < -0.4 is 11.3 Å². The van der Waals surface area contributed by atoms with E-state index in [1.807, 2.05) is 24.3 Å². The maximum atomic E-state index is 11.9. The molecule has 0 amide bonds. The van der Waals surface area contributed by atoms with Crippen LogP contribution in [0.25, 0.3) is 11.0 Å². The number of hydrogen-bond donors (Lipinski definition) is 2. The van der Waals surface area contributed by atoms with E-state index >= 15 is 0 Å². The molecule has 1 aromatic carbocycles. The van der Waals surface area contributed by atoms with Gasteiger partial charge in [0.15, 0.2) is 0 Å². The summed E-state index contributed by atoms with van der Waals surface area (Å²) < 4.78 is 0. The molecule has 0 saturated carbocycles. The molecule has 18 heavy (non-hydrogen) atoms. The summed E-state index contributed by atoms with van der Waals surface area (Å²) in [6, 6.07) is 7.80. The second kappa shape index (κ2) is 4.51. The van der Waals surface area contributed by atoms with Gasteiger partial charge in [0.25, 0.3) is 5.56 Å². The first-order valence-corrected chi connectivity index (χ1v) is 6.18. The Hall–Kier alpha value is -1.72. The monoisotopic (exact) mass is 244 g/mol. The number of aromatic amines is 1. The molecule has 0 radical (unpaired) electrons. The molecule has 5 nitrogen and oxygen atoms in total. The number of para-hydroxylation sites is 2. The molecule has 1 aliphatic rings. The molecule has 0 spiro atoms. The summed E-state index contributed by atoms with van der Waals surface area (Å²) in [7, 11) is 0. The second-order valence-electron chi connectivity index (χ2n) is 4.81. The van der Waals surface area contributed by atoms with Gasteiger partial charge in [0.05, 0.1) is 11.0 Å². The number of nitrogens with two attached hydrogens (primary N) is 1. The summed E-state index contributed by atoms with van der Waals surface area (Å²) in [6.45, 7) is 2.36. The Morgan fingerprint density at radius 2 is 2.28 bits per heavy atom. The number of benzene rings is 1. The van der Waals surface area contributed by atoms with Crippen molar-refractivity contribution in [1.29, 1.82) is 0 Å². The van der Waals surface area contributed by atoms with E-state index in [4.69, 9.17) is 5.73 Å². The summed E-state index contributed by atoms with van der Waals surface area (Å²) >= 11 is 0. The number of aromatic nitrogens is 2. The van der Waals surface area contributed by atoms with Gasteiger partial charge in [0, 0.05) is 25.7 Å². The highest BCUT2D eigenvalue weighted by molar-refractivity contribution is 5.73. The number of likely N-dealkylation sites (tertiary alicyclic amines) is 1. The lowest BCUT2D eigenvalue weighted by atomic mass is 10.3. The van der Waals surface area contributed by atoms with Crippen molar-refractivity contribution in [3.8, 4) is 0 Å². The SMILES string of the molecule is N[C@@H]1CCN(Cc2nc3ccccc3[nH]c2=O)C1. The lowest BCUT2D eigenvalue weighted by Gasteiger charge is -2.13. The molecule has 94 valence electrons. The van der Waals surface area contributed by atoms with Crippen LogP contribution in [0, 0.1) is 0 Å². The lowest BCUT2D eigenvalue weighted by Crippen LogP contribution is -2.29. The highest BCUT2D eigenvalue weighted by atomic mass is 16.1. The molecule has 1 saturated heterocycles. The molecule has 1 fully saturated rings. The molecule has 5 heteroatoms. The minimum atomic E-state index is -0.103. The van der Waals surface area contributed by atoms with E-state index in [-0.39, 0.29) is 11.6 Å². The van der Waals surface area contributed by atoms with Crippen molar-refractivity contribution in [3.63, 3.8) is 0 Å². The van der Waals surface area contributed by atoms with Crippen LogP contribution >= 0.6 is 0 Å². The minimum Gasteiger partial charge on any atom is -0.326 e. The molecule has 1 aromatic heterocycles. The van der Waals surface area contributed by atoms with Gasteiger partial charge in [-0.05, 0) is 18.6 Å². The molecule has 3 N–H and O–H groups in total. The zero-order valence-corrected chi connectivity index (χ0v) is 10.1. The van der Waals surface area contributed by atoms with Gasteiger partial charge < -0.3 is 10.7 Å². The van der Waals surface area contributed by atoms with Gasteiger partial charge in [0.1, 0.15) is 5.69 Å². The van der Waals surface area contributed by atoms with Gasteiger partial charge in [-0.2, -0.15) is 0 Å². The number of nitrogens with zero attached hydrogens (tertiary/aromatic N) is 2. The normalized spacial score (nSPS) is 20.6. The van der Waals surface area contributed by atoms with Crippen LogP contribution in [0.15, 0.2) is 29.1 Å². The Morgan fingerprint density at radius 1 is 1.44 bits per heavy atom. The topological polar surface area (TPSA) is 75.0 Å². The summed E-state index contributed by atoms with van der Waals surface area (Å²) in [6.07, 6.45) is 0.992. The zero-order valence-electron chi connectivity index (χ0n) is 10.1. The van der Waals surface area contributed by atoms with Gasteiger partial charge >= 0.3 is 0 Å². The van der Waals surface area contributed by atoms with Gasteiger partial charge in [-0.1, -0.05) is 12.1 Å². The van der Waals surface area contributed by atoms with Crippen molar-refractivity contribution in [2.75, 3.05) is 13.1 Å². The van der Waals surface area contributed by atoms with Crippen LogP contribution in [0.1, 0.15) is 12.1 Å². The van der Waals surface area contributed by atoms with Gasteiger partial charge in [-0.15, -0.1) is 0 Å². The van der Waals surface area contributed by atoms with Crippen molar-refractivity contribution < 1.29 is 0 Å². The van der Waals surface area contributed by atoms with Crippen LogP contribution in [-0.2, 0) is 6.54 Å². The van der Waals surface area contributed by atoms with Crippen LogP contribution in [0.5, 0.6) is 0 Å².